The number of ether oxygens (including phenoxy) is 1. The molecule has 1 aliphatic rings. The van der Waals surface area contributed by atoms with Gasteiger partial charge < -0.3 is 20.7 Å². The molecule has 0 bridgehead atoms. The molecule has 1 aromatic carbocycles. The van der Waals surface area contributed by atoms with Crippen LogP contribution in [0.4, 0.5) is 0 Å². The first-order valence-electron chi connectivity index (χ1n) is 9.19. The monoisotopic (exact) mass is 332 g/mol. The van der Waals surface area contributed by atoms with E-state index >= 15 is 0 Å². The number of aliphatic imine (C=N–C) groups is 1. The molecule has 1 saturated carbocycles. The van der Waals surface area contributed by atoms with Crippen LogP contribution in [0.25, 0.3) is 0 Å². The lowest BCUT2D eigenvalue weighted by molar-refractivity contribution is 0.223. The second-order valence-electron chi connectivity index (χ2n) is 6.40. The van der Waals surface area contributed by atoms with Gasteiger partial charge in [-0.15, -0.1) is 0 Å². The van der Waals surface area contributed by atoms with Gasteiger partial charge in [0.05, 0.1) is 6.54 Å². The van der Waals surface area contributed by atoms with Crippen LogP contribution < -0.4 is 15.8 Å². The minimum absolute atomic E-state index is 0.543. The summed E-state index contributed by atoms with van der Waals surface area (Å²) in [6, 6.07) is 8.11. The number of nitrogens with two attached hydrogens (primary N) is 1. The van der Waals surface area contributed by atoms with Crippen LogP contribution in [0.2, 0.25) is 0 Å². The van der Waals surface area contributed by atoms with E-state index in [1.165, 1.54) is 19.3 Å². The second-order valence-corrected chi connectivity index (χ2v) is 6.40. The highest BCUT2D eigenvalue weighted by molar-refractivity contribution is 5.77. The predicted octanol–water partition coefficient (Wildman–Crippen LogP) is 2.61. The van der Waals surface area contributed by atoms with Crippen molar-refractivity contribution < 1.29 is 4.74 Å². The standard InChI is InChI=1S/C19H32N4O/c1-3-23(4-2)12-13-24-18-10-8-17(9-11-18)15-22-19(20)21-14-16-6-5-7-16/h8-11,16H,3-7,12-15H2,1-2H3,(H3,20,21,22). The molecule has 0 amide bonds. The normalized spacial score (nSPS) is 15.4. The number of guanidine groups is 1. The van der Waals surface area contributed by atoms with Crippen LogP contribution in [-0.4, -0.2) is 43.6 Å². The summed E-state index contributed by atoms with van der Waals surface area (Å²) >= 11 is 0. The molecule has 5 nitrogen and oxygen atoms in total. The Labute approximate surface area is 146 Å². The molecule has 0 radical (unpaired) electrons. The number of rotatable bonds is 10. The predicted molar refractivity (Wildman–Crippen MR) is 100 cm³/mol. The van der Waals surface area contributed by atoms with Crippen molar-refractivity contribution in [2.24, 2.45) is 16.6 Å². The molecule has 2 rings (SSSR count). The molecule has 0 heterocycles. The van der Waals surface area contributed by atoms with Crippen molar-refractivity contribution >= 4 is 5.96 Å². The fourth-order valence-electron chi connectivity index (χ4n) is 2.70. The Morgan fingerprint density at radius 2 is 1.96 bits per heavy atom. The zero-order chi connectivity index (χ0) is 17.2. The number of hydrogen-bond donors (Lipinski definition) is 2. The summed E-state index contributed by atoms with van der Waals surface area (Å²) in [5.74, 6) is 2.24. The fourth-order valence-corrected chi connectivity index (χ4v) is 2.70. The summed E-state index contributed by atoms with van der Waals surface area (Å²) in [4.78, 5) is 6.75. The average molecular weight is 332 g/mol. The maximum atomic E-state index is 5.91. The van der Waals surface area contributed by atoms with Crippen LogP contribution in [-0.2, 0) is 6.54 Å². The van der Waals surface area contributed by atoms with Crippen LogP contribution in [0, 0.1) is 5.92 Å². The molecule has 0 atom stereocenters. The van der Waals surface area contributed by atoms with Crippen LogP contribution in [0.3, 0.4) is 0 Å². The Morgan fingerprint density at radius 1 is 1.25 bits per heavy atom. The molecule has 1 aromatic rings. The summed E-state index contributed by atoms with van der Waals surface area (Å²) in [5, 5.41) is 3.21. The zero-order valence-electron chi connectivity index (χ0n) is 15.1. The lowest BCUT2D eigenvalue weighted by atomic mass is 9.85. The van der Waals surface area contributed by atoms with Crippen LogP contribution in [0.1, 0.15) is 38.7 Å². The smallest absolute Gasteiger partial charge is 0.188 e. The van der Waals surface area contributed by atoms with Crippen LogP contribution in [0.15, 0.2) is 29.3 Å². The molecular formula is C19H32N4O. The van der Waals surface area contributed by atoms with Gasteiger partial charge in [0.15, 0.2) is 5.96 Å². The lowest BCUT2D eigenvalue weighted by Crippen LogP contribution is -2.37. The van der Waals surface area contributed by atoms with E-state index in [0.717, 1.165) is 50.0 Å². The summed E-state index contributed by atoms with van der Waals surface area (Å²) in [6.45, 7) is 9.70. The van der Waals surface area contributed by atoms with E-state index in [1.807, 2.05) is 12.1 Å². The van der Waals surface area contributed by atoms with Crippen LogP contribution >= 0.6 is 0 Å². The molecule has 0 saturated heterocycles. The van der Waals surface area contributed by atoms with Gasteiger partial charge in [-0.2, -0.15) is 0 Å². The van der Waals surface area contributed by atoms with E-state index in [4.69, 9.17) is 10.5 Å². The van der Waals surface area contributed by atoms with E-state index in [-0.39, 0.29) is 0 Å². The van der Waals surface area contributed by atoms with E-state index in [2.05, 4.69) is 41.2 Å². The highest BCUT2D eigenvalue weighted by atomic mass is 16.5. The molecule has 1 fully saturated rings. The third kappa shape index (κ3) is 6.40. The molecule has 3 N–H and O–H groups in total. The molecule has 0 aromatic heterocycles. The average Bonchev–Trinajstić information content (AvgIpc) is 2.56. The second kappa shape index (κ2) is 10.2. The maximum absolute atomic E-state index is 5.91. The van der Waals surface area contributed by atoms with Crippen LogP contribution in [0.5, 0.6) is 5.75 Å². The largest absolute Gasteiger partial charge is 0.492 e. The van der Waals surface area contributed by atoms with E-state index in [9.17, 15) is 0 Å². The maximum Gasteiger partial charge on any atom is 0.188 e. The number of hydrogen-bond acceptors (Lipinski definition) is 3. The molecular weight excluding hydrogens is 300 g/mol. The van der Waals surface area contributed by atoms with E-state index in [1.54, 1.807) is 0 Å². The number of benzene rings is 1. The first-order chi connectivity index (χ1) is 11.7. The SMILES string of the molecule is CCN(CC)CCOc1ccc(CN=C(N)NCC2CCC2)cc1. The highest BCUT2D eigenvalue weighted by Crippen LogP contribution is 2.25. The van der Waals surface area contributed by atoms with Gasteiger partial charge in [-0.25, -0.2) is 4.99 Å². The van der Waals surface area contributed by atoms with Gasteiger partial charge in [0.1, 0.15) is 12.4 Å². The summed E-state index contributed by atoms with van der Waals surface area (Å²) < 4.78 is 5.79. The summed E-state index contributed by atoms with van der Waals surface area (Å²) in [6.07, 6.45) is 3.98. The summed E-state index contributed by atoms with van der Waals surface area (Å²) in [7, 11) is 0. The minimum Gasteiger partial charge on any atom is -0.492 e. The Balaban J connectivity index is 1.68. The van der Waals surface area contributed by atoms with Crippen molar-refractivity contribution in [2.45, 2.75) is 39.7 Å². The van der Waals surface area contributed by atoms with Crippen molar-refractivity contribution in [3.05, 3.63) is 29.8 Å². The van der Waals surface area contributed by atoms with Crippen molar-refractivity contribution in [2.75, 3.05) is 32.8 Å². The third-order valence-electron chi connectivity index (χ3n) is 4.72. The number of nitrogens with zero attached hydrogens (tertiary/aromatic N) is 2. The summed E-state index contributed by atoms with van der Waals surface area (Å²) in [5.41, 5.74) is 7.05. The number of nitrogens with one attached hydrogen (secondary N) is 1. The molecule has 0 aliphatic heterocycles. The van der Waals surface area contributed by atoms with Gasteiger partial charge in [-0.3, -0.25) is 0 Å². The molecule has 0 unspecified atom stereocenters. The van der Waals surface area contributed by atoms with Gasteiger partial charge in [-0.1, -0.05) is 32.4 Å². The van der Waals surface area contributed by atoms with E-state index in [0.29, 0.717) is 12.5 Å². The lowest BCUT2D eigenvalue weighted by Gasteiger charge is -2.25. The Bertz CT molecular complexity index is 493. The Kier molecular flexibility index (Phi) is 7.89. The van der Waals surface area contributed by atoms with Gasteiger partial charge in [0.2, 0.25) is 0 Å². The van der Waals surface area contributed by atoms with Crippen molar-refractivity contribution in [1.29, 1.82) is 0 Å². The van der Waals surface area contributed by atoms with Gasteiger partial charge in [0, 0.05) is 13.1 Å². The van der Waals surface area contributed by atoms with Crippen molar-refractivity contribution in [3.63, 3.8) is 0 Å². The Morgan fingerprint density at radius 3 is 2.54 bits per heavy atom. The quantitative estimate of drug-likeness (QED) is 0.511. The number of likely N-dealkylation sites (N-methyl/N-ethyl adjacent to an activating group) is 1. The molecule has 0 spiro atoms. The van der Waals surface area contributed by atoms with Gasteiger partial charge >= 0.3 is 0 Å². The zero-order valence-corrected chi connectivity index (χ0v) is 15.1. The fraction of sp³-hybridized carbons (Fsp3) is 0.632. The topological polar surface area (TPSA) is 62.9 Å². The van der Waals surface area contributed by atoms with Crippen molar-refractivity contribution in [1.82, 2.24) is 10.2 Å². The van der Waals surface area contributed by atoms with E-state index < -0.39 is 0 Å². The first-order valence-corrected chi connectivity index (χ1v) is 9.19. The minimum atomic E-state index is 0.543. The van der Waals surface area contributed by atoms with Gasteiger partial charge in [0.25, 0.3) is 0 Å². The molecule has 5 heteroatoms. The first kappa shape index (κ1) is 18.6. The van der Waals surface area contributed by atoms with Crippen molar-refractivity contribution in [3.8, 4) is 5.75 Å². The molecule has 1 aliphatic carbocycles. The highest BCUT2D eigenvalue weighted by Gasteiger charge is 2.16. The Hall–Kier alpha value is -1.75. The van der Waals surface area contributed by atoms with Gasteiger partial charge in [-0.05, 0) is 49.5 Å². The molecule has 134 valence electrons. The molecule has 24 heavy (non-hydrogen) atoms. The third-order valence-corrected chi connectivity index (χ3v) is 4.72.